The van der Waals surface area contributed by atoms with Gasteiger partial charge in [-0.3, -0.25) is 9.89 Å². The number of carbonyl (C=O) groups is 1. The Morgan fingerprint density at radius 3 is 3.08 bits per heavy atom. The highest BCUT2D eigenvalue weighted by atomic mass is 16.1. The molecule has 0 saturated heterocycles. The molecule has 0 aromatic carbocycles. The van der Waals surface area contributed by atoms with Crippen molar-refractivity contribution in [2.24, 2.45) is 5.92 Å². The monoisotopic (exact) mass is 181 g/mol. The molecule has 72 valence electrons. The minimum absolute atomic E-state index is 0.0897. The number of aromatic amines is 1. The summed E-state index contributed by atoms with van der Waals surface area (Å²) in [6, 6.07) is 0. The molecular weight excluding hydrogens is 166 g/mol. The number of nitrogens with zero attached hydrogens (tertiary/aromatic N) is 1. The zero-order valence-electron chi connectivity index (χ0n) is 8.00. The molecule has 0 bridgehead atoms. The van der Waals surface area contributed by atoms with Gasteiger partial charge in [-0.05, 0) is 6.42 Å². The van der Waals surface area contributed by atoms with E-state index in [9.17, 15) is 4.79 Å². The van der Waals surface area contributed by atoms with E-state index in [0.717, 1.165) is 12.0 Å². The van der Waals surface area contributed by atoms with Crippen molar-refractivity contribution in [1.82, 2.24) is 15.5 Å². The van der Waals surface area contributed by atoms with Crippen LogP contribution in [0.5, 0.6) is 0 Å². The molecule has 0 aliphatic heterocycles. The summed E-state index contributed by atoms with van der Waals surface area (Å²) in [6.45, 7) is 4.48. The van der Waals surface area contributed by atoms with Gasteiger partial charge < -0.3 is 5.32 Å². The van der Waals surface area contributed by atoms with Gasteiger partial charge in [0.15, 0.2) is 0 Å². The van der Waals surface area contributed by atoms with E-state index in [1.54, 1.807) is 12.4 Å². The Morgan fingerprint density at radius 2 is 2.54 bits per heavy atom. The van der Waals surface area contributed by atoms with Crippen LogP contribution in [0.3, 0.4) is 0 Å². The molecule has 0 radical (unpaired) electrons. The first-order valence-corrected chi connectivity index (χ1v) is 4.49. The molecule has 0 saturated carbocycles. The van der Waals surface area contributed by atoms with Gasteiger partial charge in [0.2, 0.25) is 5.91 Å². The van der Waals surface area contributed by atoms with Gasteiger partial charge in [-0.25, -0.2) is 0 Å². The Hall–Kier alpha value is -1.32. The maximum Gasteiger partial charge on any atom is 0.223 e. The van der Waals surface area contributed by atoms with E-state index >= 15 is 0 Å². The lowest BCUT2D eigenvalue weighted by molar-refractivity contribution is -0.124. The molecule has 1 heterocycles. The molecule has 13 heavy (non-hydrogen) atoms. The van der Waals surface area contributed by atoms with E-state index in [0.29, 0.717) is 6.54 Å². The van der Waals surface area contributed by atoms with Gasteiger partial charge in [0.1, 0.15) is 0 Å². The van der Waals surface area contributed by atoms with Crippen LogP contribution < -0.4 is 5.32 Å². The molecule has 4 nitrogen and oxygen atoms in total. The van der Waals surface area contributed by atoms with Gasteiger partial charge in [-0.15, -0.1) is 0 Å². The quantitative estimate of drug-likeness (QED) is 0.730. The molecule has 0 fully saturated rings. The summed E-state index contributed by atoms with van der Waals surface area (Å²) in [5, 5.41) is 9.32. The fraction of sp³-hybridized carbons (Fsp3) is 0.556. The van der Waals surface area contributed by atoms with Gasteiger partial charge in [-0.1, -0.05) is 13.8 Å². The van der Waals surface area contributed by atoms with Crippen LogP contribution in [0, 0.1) is 5.92 Å². The zero-order valence-corrected chi connectivity index (χ0v) is 8.00. The van der Waals surface area contributed by atoms with Crippen LogP contribution in [0.15, 0.2) is 12.4 Å². The van der Waals surface area contributed by atoms with Crippen molar-refractivity contribution < 1.29 is 4.79 Å². The molecule has 1 rings (SSSR count). The number of rotatable bonds is 4. The van der Waals surface area contributed by atoms with E-state index in [1.807, 2.05) is 13.8 Å². The number of amides is 1. The first kappa shape index (κ1) is 9.77. The molecule has 1 unspecified atom stereocenters. The van der Waals surface area contributed by atoms with Crippen molar-refractivity contribution in [3.63, 3.8) is 0 Å². The zero-order chi connectivity index (χ0) is 9.68. The molecule has 1 aromatic heterocycles. The van der Waals surface area contributed by atoms with Gasteiger partial charge in [0, 0.05) is 24.2 Å². The lowest BCUT2D eigenvalue weighted by atomic mass is 10.1. The summed E-state index contributed by atoms with van der Waals surface area (Å²) in [5.74, 6) is 0.190. The van der Waals surface area contributed by atoms with Crippen LogP contribution >= 0.6 is 0 Å². The second-order valence-corrected chi connectivity index (χ2v) is 3.13. The Kier molecular flexibility index (Phi) is 3.49. The molecule has 0 spiro atoms. The van der Waals surface area contributed by atoms with Gasteiger partial charge >= 0.3 is 0 Å². The number of hydrogen-bond acceptors (Lipinski definition) is 2. The van der Waals surface area contributed by atoms with Crippen LogP contribution in [0.4, 0.5) is 0 Å². The highest BCUT2D eigenvalue weighted by Crippen LogP contribution is 2.00. The van der Waals surface area contributed by atoms with E-state index in [-0.39, 0.29) is 11.8 Å². The number of hydrogen-bond donors (Lipinski definition) is 2. The van der Waals surface area contributed by atoms with Crippen molar-refractivity contribution >= 4 is 5.91 Å². The van der Waals surface area contributed by atoms with Crippen molar-refractivity contribution in [2.45, 2.75) is 26.8 Å². The minimum atomic E-state index is 0.0897. The van der Waals surface area contributed by atoms with E-state index < -0.39 is 0 Å². The van der Waals surface area contributed by atoms with E-state index in [1.165, 1.54) is 0 Å². The van der Waals surface area contributed by atoms with Crippen LogP contribution in [0.2, 0.25) is 0 Å². The molecule has 4 heteroatoms. The van der Waals surface area contributed by atoms with Gasteiger partial charge in [-0.2, -0.15) is 5.10 Å². The third kappa shape index (κ3) is 2.89. The summed E-state index contributed by atoms with van der Waals surface area (Å²) in [4.78, 5) is 11.3. The largest absolute Gasteiger partial charge is 0.352 e. The topological polar surface area (TPSA) is 57.8 Å². The number of nitrogens with one attached hydrogen (secondary N) is 2. The van der Waals surface area contributed by atoms with E-state index in [2.05, 4.69) is 15.5 Å². The molecule has 1 amide bonds. The standard InChI is InChI=1S/C9H15N3O/c1-3-7(2)9(13)10-4-8-5-11-12-6-8/h5-7H,3-4H2,1-2H3,(H,10,13)(H,11,12). The third-order valence-corrected chi connectivity index (χ3v) is 2.08. The second kappa shape index (κ2) is 4.64. The van der Waals surface area contributed by atoms with Crippen molar-refractivity contribution in [3.8, 4) is 0 Å². The van der Waals surface area contributed by atoms with Gasteiger partial charge in [0.05, 0.1) is 6.20 Å². The predicted octanol–water partition coefficient (Wildman–Crippen LogP) is 1.07. The number of aromatic nitrogens is 2. The first-order valence-electron chi connectivity index (χ1n) is 4.49. The van der Waals surface area contributed by atoms with Crippen LogP contribution in [0.25, 0.3) is 0 Å². The van der Waals surface area contributed by atoms with Crippen molar-refractivity contribution in [1.29, 1.82) is 0 Å². The lowest BCUT2D eigenvalue weighted by Crippen LogP contribution is -2.28. The molecule has 2 N–H and O–H groups in total. The maximum absolute atomic E-state index is 11.3. The average molecular weight is 181 g/mol. The fourth-order valence-corrected chi connectivity index (χ4v) is 0.923. The summed E-state index contributed by atoms with van der Waals surface area (Å²) in [5.41, 5.74) is 0.997. The second-order valence-electron chi connectivity index (χ2n) is 3.13. The normalized spacial score (nSPS) is 12.5. The maximum atomic E-state index is 11.3. The summed E-state index contributed by atoms with van der Waals surface area (Å²) in [7, 11) is 0. The van der Waals surface area contributed by atoms with Crippen molar-refractivity contribution in [3.05, 3.63) is 18.0 Å². The lowest BCUT2D eigenvalue weighted by Gasteiger charge is -2.08. The number of carbonyl (C=O) groups excluding carboxylic acids is 1. The fourth-order valence-electron chi connectivity index (χ4n) is 0.923. The SMILES string of the molecule is CCC(C)C(=O)NCc1cn[nH]c1. The molecule has 0 aliphatic carbocycles. The van der Waals surface area contributed by atoms with Gasteiger partial charge in [0.25, 0.3) is 0 Å². The van der Waals surface area contributed by atoms with Crippen LogP contribution in [0.1, 0.15) is 25.8 Å². The summed E-state index contributed by atoms with van der Waals surface area (Å²) >= 11 is 0. The Labute approximate surface area is 77.7 Å². The highest BCUT2D eigenvalue weighted by Gasteiger charge is 2.09. The predicted molar refractivity (Wildman–Crippen MR) is 49.9 cm³/mol. The average Bonchev–Trinajstić information content (AvgIpc) is 2.65. The third-order valence-electron chi connectivity index (χ3n) is 2.08. The first-order chi connectivity index (χ1) is 6.24. The highest BCUT2D eigenvalue weighted by molar-refractivity contribution is 5.78. The Morgan fingerprint density at radius 1 is 1.77 bits per heavy atom. The smallest absolute Gasteiger partial charge is 0.223 e. The van der Waals surface area contributed by atoms with Crippen LogP contribution in [-0.4, -0.2) is 16.1 Å². The van der Waals surface area contributed by atoms with Crippen molar-refractivity contribution in [2.75, 3.05) is 0 Å². The molecular formula is C9H15N3O. The molecule has 0 aliphatic rings. The Balaban J connectivity index is 2.31. The minimum Gasteiger partial charge on any atom is -0.352 e. The number of H-pyrrole nitrogens is 1. The summed E-state index contributed by atoms with van der Waals surface area (Å²) in [6.07, 6.45) is 4.35. The molecule has 1 atom stereocenters. The molecule has 1 aromatic rings. The Bertz CT molecular complexity index is 256. The van der Waals surface area contributed by atoms with Crippen LogP contribution in [-0.2, 0) is 11.3 Å². The van der Waals surface area contributed by atoms with E-state index in [4.69, 9.17) is 0 Å². The summed E-state index contributed by atoms with van der Waals surface area (Å²) < 4.78 is 0.